The zero-order chi connectivity index (χ0) is 13.7. The maximum Gasteiger partial charge on any atom is 0.119 e. The molecular weight excluding hydrogens is 300 g/mol. The predicted molar refractivity (Wildman–Crippen MR) is 85.3 cm³/mol. The normalized spacial score (nSPS) is 11.2. The standard InChI is InChI=1S/C17H17BrO/c1-13(2)19-16-11-8-14(9-12-16)7-10-15-5-3-4-6-17(15)18/h3-13H,1-2H3/b10-7+. The number of benzene rings is 2. The van der Waals surface area contributed by atoms with Gasteiger partial charge in [-0.2, -0.15) is 0 Å². The van der Waals surface area contributed by atoms with E-state index in [1.807, 2.05) is 44.2 Å². The maximum atomic E-state index is 5.62. The highest BCUT2D eigenvalue weighted by Crippen LogP contribution is 2.20. The Balaban J connectivity index is 2.09. The van der Waals surface area contributed by atoms with Gasteiger partial charge in [-0.25, -0.2) is 0 Å². The summed E-state index contributed by atoms with van der Waals surface area (Å²) in [7, 11) is 0. The van der Waals surface area contributed by atoms with Crippen molar-refractivity contribution in [3.05, 3.63) is 64.1 Å². The zero-order valence-electron chi connectivity index (χ0n) is 11.1. The first-order chi connectivity index (χ1) is 9.15. The monoisotopic (exact) mass is 316 g/mol. The molecule has 98 valence electrons. The van der Waals surface area contributed by atoms with Gasteiger partial charge >= 0.3 is 0 Å². The Hall–Kier alpha value is -1.54. The third-order valence-corrected chi connectivity index (χ3v) is 3.33. The fourth-order valence-corrected chi connectivity index (χ4v) is 2.14. The molecule has 0 radical (unpaired) electrons. The lowest BCUT2D eigenvalue weighted by Gasteiger charge is -2.09. The van der Waals surface area contributed by atoms with Gasteiger partial charge < -0.3 is 4.74 Å². The van der Waals surface area contributed by atoms with Gasteiger partial charge in [0.25, 0.3) is 0 Å². The summed E-state index contributed by atoms with van der Waals surface area (Å²) in [6.45, 7) is 4.06. The molecule has 0 heterocycles. The van der Waals surface area contributed by atoms with Crippen molar-refractivity contribution >= 4 is 28.1 Å². The Labute approximate surface area is 123 Å². The quantitative estimate of drug-likeness (QED) is 0.685. The largest absolute Gasteiger partial charge is 0.491 e. The lowest BCUT2D eigenvalue weighted by atomic mass is 10.1. The fourth-order valence-electron chi connectivity index (χ4n) is 1.73. The highest BCUT2D eigenvalue weighted by atomic mass is 79.9. The summed E-state index contributed by atoms with van der Waals surface area (Å²) in [6, 6.07) is 16.3. The molecule has 0 unspecified atom stereocenters. The van der Waals surface area contributed by atoms with Crippen LogP contribution in [0.25, 0.3) is 12.2 Å². The van der Waals surface area contributed by atoms with Crippen molar-refractivity contribution in [3.8, 4) is 5.75 Å². The van der Waals surface area contributed by atoms with E-state index in [1.54, 1.807) is 0 Å². The van der Waals surface area contributed by atoms with Crippen LogP contribution in [0.3, 0.4) is 0 Å². The van der Waals surface area contributed by atoms with Crippen molar-refractivity contribution in [2.45, 2.75) is 20.0 Å². The molecule has 0 atom stereocenters. The number of hydrogen-bond acceptors (Lipinski definition) is 1. The summed E-state index contributed by atoms with van der Waals surface area (Å²) in [4.78, 5) is 0. The Morgan fingerprint density at radius 1 is 0.947 bits per heavy atom. The van der Waals surface area contributed by atoms with Crippen LogP contribution < -0.4 is 4.74 Å². The van der Waals surface area contributed by atoms with Crippen LogP contribution in [0.1, 0.15) is 25.0 Å². The minimum Gasteiger partial charge on any atom is -0.491 e. The van der Waals surface area contributed by atoms with Crippen molar-refractivity contribution in [2.24, 2.45) is 0 Å². The van der Waals surface area contributed by atoms with E-state index in [9.17, 15) is 0 Å². The van der Waals surface area contributed by atoms with E-state index in [4.69, 9.17) is 4.74 Å². The Morgan fingerprint density at radius 3 is 2.26 bits per heavy atom. The van der Waals surface area contributed by atoms with Crippen LogP contribution in [0.4, 0.5) is 0 Å². The molecule has 0 saturated heterocycles. The van der Waals surface area contributed by atoms with E-state index in [-0.39, 0.29) is 6.10 Å². The van der Waals surface area contributed by atoms with Gasteiger partial charge in [0.05, 0.1) is 6.10 Å². The average molecular weight is 317 g/mol. The molecule has 19 heavy (non-hydrogen) atoms. The highest BCUT2D eigenvalue weighted by Gasteiger charge is 1.97. The van der Waals surface area contributed by atoms with E-state index >= 15 is 0 Å². The first-order valence-electron chi connectivity index (χ1n) is 6.34. The molecule has 2 aromatic rings. The summed E-state index contributed by atoms with van der Waals surface area (Å²) in [5.41, 5.74) is 2.33. The molecule has 0 bridgehead atoms. The average Bonchev–Trinajstić information content (AvgIpc) is 2.39. The van der Waals surface area contributed by atoms with Crippen LogP contribution in [-0.4, -0.2) is 6.10 Å². The smallest absolute Gasteiger partial charge is 0.119 e. The van der Waals surface area contributed by atoms with Crippen molar-refractivity contribution in [1.29, 1.82) is 0 Å². The Bertz CT molecular complexity index is 556. The topological polar surface area (TPSA) is 9.23 Å². The van der Waals surface area contributed by atoms with Gasteiger partial charge in [0.1, 0.15) is 5.75 Å². The molecule has 0 aliphatic rings. The van der Waals surface area contributed by atoms with Crippen LogP contribution in [-0.2, 0) is 0 Å². The Morgan fingerprint density at radius 2 is 1.63 bits per heavy atom. The van der Waals surface area contributed by atoms with Crippen LogP contribution in [0.15, 0.2) is 53.0 Å². The molecule has 2 aromatic carbocycles. The van der Waals surface area contributed by atoms with Crippen molar-refractivity contribution in [2.75, 3.05) is 0 Å². The van der Waals surface area contributed by atoms with E-state index in [2.05, 4.69) is 46.3 Å². The third-order valence-electron chi connectivity index (χ3n) is 2.61. The van der Waals surface area contributed by atoms with Gasteiger partial charge in [0, 0.05) is 4.47 Å². The second kappa shape index (κ2) is 6.58. The molecule has 2 rings (SSSR count). The molecular formula is C17H17BrO. The number of ether oxygens (including phenoxy) is 1. The van der Waals surface area contributed by atoms with Crippen LogP contribution in [0.5, 0.6) is 5.75 Å². The fraction of sp³-hybridized carbons (Fsp3) is 0.176. The van der Waals surface area contributed by atoms with Gasteiger partial charge in [-0.15, -0.1) is 0 Å². The molecule has 2 heteroatoms. The molecule has 0 aliphatic carbocycles. The van der Waals surface area contributed by atoms with Gasteiger partial charge in [0.2, 0.25) is 0 Å². The van der Waals surface area contributed by atoms with E-state index in [0.29, 0.717) is 0 Å². The number of hydrogen-bond donors (Lipinski definition) is 0. The molecule has 1 nitrogen and oxygen atoms in total. The summed E-state index contributed by atoms with van der Waals surface area (Å²) in [6.07, 6.45) is 4.41. The second-order valence-corrected chi connectivity index (χ2v) is 5.44. The minimum atomic E-state index is 0.210. The van der Waals surface area contributed by atoms with E-state index in [0.717, 1.165) is 15.8 Å². The van der Waals surface area contributed by atoms with Gasteiger partial charge in [-0.05, 0) is 43.2 Å². The molecule has 0 fully saturated rings. The lowest BCUT2D eigenvalue weighted by Crippen LogP contribution is -2.05. The summed E-state index contributed by atoms with van der Waals surface area (Å²) in [5.74, 6) is 0.910. The molecule has 0 spiro atoms. The first-order valence-corrected chi connectivity index (χ1v) is 7.14. The number of rotatable bonds is 4. The SMILES string of the molecule is CC(C)Oc1ccc(/C=C/c2ccccc2Br)cc1. The molecule has 0 aromatic heterocycles. The zero-order valence-corrected chi connectivity index (χ0v) is 12.7. The lowest BCUT2D eigenvalue weighted by molar-refractivity contribution is 0.242. The molecule has 0 amide bonds. The third kappa shape index (κ3) is 4.25. The van der Waals surface area contributed by atoms with Crippen molar-refractivity contribution in [1.82, 2.24) is 0 Å². The van der Waals surface area contributed by atoms with E-state index < -0.39 is 0 Å². The highest BCUT2D eigenvalue weighted by molar-refractivity contribution is 9.10. The van der Waals surface area contributed by atoms with Crippen molar-refractivity contribution < 1.29 is 4.74 Å². The summed E-state index contributed by atoms with van der Waals surface area (Å²) < 4.78 is 6.72. The summed E-state index contributed by atoms with van der Waals surface area (Å²) in [5, 5.41) is 0. The molecule has 0 aliphatic heterocycles. The molecule has 0 saturated carbocycles. The minimum absolute atomic E-state index is 0.210. The second-order valence-electron chi connectivity index (χ2n) is 4.59. The van der Waals surface area contributed by atoms with Gasteiger partial charge in [0.15, 0.2) is 0 Å². The first kappa shape index (κ1) is 13.9. The molecule has 0 N–H and O–H groups in total. The van der Waals surface area contributed by atoms with Crippen LogP contribution in [0.2, 0.25) is 0 Å². The van der Waals surface area contributed by atoms with Crippen LogP contribution >= 0.6 is 15.9 Å². The van der Waals surface area contributed by atoms with Gasteiger partial charge in [-0.3, -0.25) is 0 Å². The van der Waals surface area contributed by atoms with Crippen molar-refractivity contribution in [3.63, 3.8) is 0 Å². The maximum absolute atomic E-state index is 5.62. The Kier molecular flexibility index (Phi) is 4.80. The summed E-state index contributed by atoms with van der Waals surface area (Å²) >= 11 is 3.54. The predicted octanol–water partition coefficient (Wildman–Crippen LogP) is 5.41. The van der Waals surface area contributed by atoms with E-state index in [1.165, 1.54) is 5.56 Å². The number of halogens is 1. The van der Waals surface area contributed by atoms with Crippen LogP contribution in [0, 0.1) is 0 Å². The van der Waals surface area contributed by atoms with Gasteiger partial charge in [-0.1, -0.05) is 58.4 Å².